The highest BCUT2D eigenvalue weighted by Gasteiger charge is 2.08. The number of nitrogens with two attached hydrogens (primary N) is 1. The summed E-state index contributed by atoms with van der Waals surface area (Å²) in [6.07, 6.45) is 0. The lowest BCUT2D eigenvalue weighted by Crippen LogP contribution is -2.35. The Bertz CT molecular complexity index is 198. The molecule has 2 amide bonds. The van der Waals surface area contributed by atoms with Crippen molar-refractivity contribution in [3.05, 3.63) is 0 Å². The van der Waals surface area contributed by atoms with Gasteiger partial charge in [-0.3, -0.25) is 0 Å². The summed E-state index contributed by atoms with van der Waals surface area (Å²) < 4.78 is 22.0. The number of sulfonamides is 1. The number of rotatable bonds is 2. The molecule has 0 aromatic rings. The molecule has 0 bridgehead atoms. The monoisotopic (exact) mass is 172 g/mol. The van der Waals surface area contributed by atoms with Crippen LogP contribution >= 0.6 is 11.6 Å². The van der Waals surface area contributed by atoms with E-state index in [1.807, 2.05) is 0 Å². The summed E-state index contributed by atoms with van der Waals surface area (Å²) in [5, 5.41) is -0.671. The number of primary amides is 1. The maximum absolute atomic E-state index is 10.3. The van der Waals surface area contributed by atoms with E-state index >= 15 is 0 Å². The minimum Gasteiger partial charge on any atom is -0.351 e. The van der Waals surface area contributed by atoms with E-state index in [0.717, 1.165) is 0 Å². The van der Waals surface area contributed by atoms with E-state index in [0.29, 0.717) is 0 Å². The van der Waals surface area contributed by atoms with Gasteiger partial charge in [0.2, 0.25) is 10.0 Å². The fourth-order valence-electron chi connectivity index (χ4n) is 0.181. The second kappa shape index (κ2) is 2.88. The van der Waals surface area contributed by atoms with Gasteiger partial charge in [-0.15, -0.1) is 11.6 Å². The lowest BCUT2D eigenvalue weighted by atomic mass is 11.2. The molecule has 0 spiro atoms. The number of hydrogen-bond acceptors (Lipinski definition) is 3. The molecule has 0 radical (unpaired) electrons. The van der Waals surface area contributed by atoms with E-state index in [1.54, 1.807) is 0 Å². The van der Waals surface area contributed by atoms with Gasteiger partial charge in [-0.25, -0.2) is 17.9 Å². The van der Waals surface area contributed by atoms with E-state index in [4.69, 9.17) is 11.6 Å². The van der Waals surface area contributed by atoms with Gasteiger partial charge in [0.15, 0.2) is 0 Å². The molecular weight excluding hydrogens is 168 g/mol. The predicted molar refractivity (Wildman–Crippen MR) is 32.4 cm³/mol. The van der Waals surface area contributed by atoms with Crippen molar-refractivity contribution in [1.82, 2.24) is 4.72 Å². The van der Waals surface area contributed by atoms with Crippen LogP contribution in [0.3, 0.4) is 0 Å². The summed E-state index contributed by atoms with van der Waals surface area (Å²) in [7, 11) is -3.68. The van der Waals surface area contributed by atoms with Gasteiger partial charge >= 0.3 is 6.03 Å². The number of alkyl halides is 1. The Kier molecular flexibility index (Phi) is 2.72. The Morgan fingerprint density at radius 3 is 2.22 bits per heavy atom. The highest BCUT2D eigenvalue weighted by atomic mass is 35.5. The molecule has 5 nitrogen and oxygen atoms in total. The molecule has 0 rings (SSSR count). The van der Waals surface area contributed by atoms with Crippen LogP contribution in [0.5, 0.6) is 0 Å². The molecule has 0 aliphatic carbocycles. The molecule has 54 valence electrons. The first-order valence-electron chi connectivity index (χ1n) is 1.84. The molecule has 0 aliphatic rings. The lowest BCUT2D eigenvalue weighted by molar-refractivity contribution is 0.253. The molecule has 0 aliphatic heterocycles. The van der Waals surface area contributed by atoms with Gasteiger partial charge in [-0.2, -0.15) is 0 Å². The van der Waals surface area contributed by atoms with Crippen molar-refractivity contribution in [2.45, 2.75) is 0 Å². The highest BCUT2D eigenvalue weighted by molar-refractivity contribution is 7.91. The summed E-state index contributed by atoms with van der Waals surface area (Å²) in [4.78, 5) is 9.85. The van der Waals surface area contributed by atoms with Gasteiger partial charge in [0, 0.05) is 0 Å². The average Bonchev–Trinajstić information content (AvgIpc) is 1.63. The second-order valence-corrected chi connectivity index (χ2v) is 3.50. The van der Waals surface area contributed by atoms with Gasteiger partial charge in [0.05, 0.1) is 0 Å². The second-order valence-electron chi connectivity index (χ2n) is 1.19. The van der Waals surface area contributed by atoms with E-state index in [9.17, 15) is 13.2 Å². The van der Waals surface area contributed by atoms with Crippen LogP contribution in [0.2, 0.25) is 0 Å². The number of carbonyl (C=O) groups excluding carboxylic acids is 1. The Labute approximate surface area is 57.2 Å². The molecule has 0 fully saturated rings. The van der Waals surface area contributed by atoms with Gasteiger partial charge in [0.25, 0.3) is 0 Å². The average molecular weight is 173 g/mol. The molecule has 0 aromatic heterocycles. The molecule has 0 atom stereocenters. The molecule has 0 unspecified atom stereocenters. The van der Waals surface area contributed by atoms with Crippen LogP contribution in [-0.2, 0) is 10.0 Å². The number of halogens is 1. The van der Waals surface area contributed by atoms with Crippen molar-refractivity contribution >= 4 is 27.7 Å². The maximum atomic E-state index is 10.3. The van der Waals surface area contributed by atoms with E-state index in [1.165, 1.54) is 4.72 Å². The quantitative estimate of drug-likeness (QED) is 0.534. The minimum atomic E-state index is -3.68. The molecule has 0 heterocycles. The standard InChI is InChI=1S/C2H5ClN2O3S/c3-1-9(7,8)5-2(4)6/h1H2,(H3,4,5,6). The zero-order valence-electron chi connectivity index (χ0n) is 4.30. The van der Waals surface area contributed by atoms with Crippen LogP contribution in [0.4, 0.5) is 4.79 Å². The number of hydrogen-bond donors (Lipinski definition) is 2. The van der Waals surface area contributed by atoms with E-state index < -0.39 is 21.3 Å². The largest absolute Gasteiger partial charge is 0.351 e. The highest BCUT2D eigenvalue weighted by Crippen LogP contribution is 1.85. The van der Waals surface area contributed by atoms with Gasteiger partial charge in [-0.1, -0.05) is 0 Å². The van der Waals surface area contributed by atoms with Crippen molar-refractivity contribution in [3.8, 4) is 0 Å². The van der Waals surface area contributed by atoms with Crippen LogP contribution in [0.15, 0.2) is 0 Å². The first kappa shape index (κ1) is 8.51. The summed E-state index contributed by atoms with van der Waals surface area (Å²) in [5.41, 5.74) is 4.47. The molecule has 0 saturated carbocycles. The Balaban J connectivity index is 4.06. The normalized spacial score (nSPS) is 10.8. The SMILES string of the molecule is NC(=O)NS(=O)(=O)CCl. The van der Waals surface area contributed by atoms with Gasteiger partial charge in [-0.05, 0) is 0 Å². The van der Waals surface area contributed by atoms with Crippen molar-refractivity contribution in [3.63, 3.8) is 0 Å². The Morgan fingerprint density at radius 2 is 2.11 bits per heavy atom. The molecule has 0 aromatic carbocycles. The number of nitrogens with one attached hydrogen (secondary N) is 1. The van der Waals surface area contributed by atoms with Crippen molar-refractivity contribution < 1.29 is 13.2 Å². The molecule has 9 heavy (non-hydrogen) atoms. The molecule has 0 saturated heterocycles. The Morgan fingerprint density at radius 1 is 1.67 bits per heavy atom. The van der Waals surface area contributed by atoms with E-state index in [-0.39, 0.29) is 0 Å². The lowest BCUT2D eigenvalue weighted by Gasteiger charge is -1.96. The maximum Gasteiger partial charge on any atom is 0.325 e. The summed E-state index contributed by atoms with van der Waals surface area (Å²) >= 11 is 4.88. The summed E-state index contributed by atoms with van der Waals surface area (Å²) in [5.74, 6) is 0. The van der Waals surface area contributed by atoms with Crippen molar-refractivity contribution in [2.24, 2.45) is 5.73 Å². The first-order valence-corrected chi connectivity index (χ1v) is 4.02. The van der Waals surface area contributed by atoms with Crippen LogP contribution in [-0.4, -0.2) is 19.7 Å². The van der Waals surface area contributed by atoms with Gasteiger partial charge in [0.1, 0.15) is 5.21 Å². The summed E-state index contributed by atoms with van der Waals surface area (Å²) in [6, 6.07) is -1.13. The zero-order valence-corrected chi connectivity index (χ0v) is 5.87. The third-order valence-electron chi connectivity index (χ3n) is 0.400. The van der Waals surface area contributed by atoms with Crippen molar-refractivity contribution in [1.29, 1.82) is 0 Å². The van der Waals surface area contributed by atoms with Crippen LogP contribution < -0.4 is 10.5 Å². The molecular formula is C2H5ClN2O3S. The number of amides is 2. The number of carbonyl (C=O) groups is 1. The fourth-order valence-corrected chi connectivity index (χ4v) is 0.705. The van der Waals surface area contributed by atoms with Crippen LogP contribution in [0.25, 0.3) is 0 Å². The third kappa shape index (κ3) is 4.04. The molecule has 3 N–H and O–H groups in total. The van der Waals surface area contributed by atoms with Crippen LogP contribution in [0, 0.1) is 0 Å². The van der Waals surface area contributed by atoms with Crippen LogP contribution in [0.1, 0.15) is 0 Å². The molecule has 7 heteroatoms. The first-order chi connectivity index (χ1) is 3.98. The fraction of sp³-hybridized carbons (Fsp3) is 0.500. The minimum absolute atomic E-state index is 0.671. The van der Waals surface area contributed by atoms with E-state index in [2.05, 4.69) is 5.73 Å². The smallest absolute Gasteiger partial charge is 0.325 e. The number of urea groups is 1. The topological polar surface area (TPSA) is 89.3 Å². The summed E-state index contributed by atoms with van der Waals surface area (Å²) in [6.45, 7) is 0. The van der Waals surface area contributed by atoms with Crippen molar-refractivity contribution in [2.75, 3.05) is 5.21 Å². The van der Waals surface area contributed by atoms with Gasteiger partial charge < -0.3 is 5.73 Å². The third-order valence-corrected chi connectivity index (χ3v) is 2.06. The Hall–Kier alpha value is -0.490. The zero-order chi connectivity index (χ0) is 7.49. The predicted octanol–water partition coefficient (Wildman–Crippen LogP) is -0.819.